The van der Waals surface area contributed by atoms with Gasteiger partial charge in [-0.25, -0.2) is 9.18 Å². The Hall–Kier alpha value is -1.64. The van der Waals surface area contributed by atoms with E-state index in [2.05, 4.69) is 10.1 Å². The highest BCUT2D eigenvalue weighted by atomic mass is 31.2. The Morgan fingerprint density at radius 2 is 2.13 bits per heavy atom. The third-order valence-electron chi connectivity index (χ3n) is 3.66. The minimum Gasteiger partial charge on any atom is -0.378 e. The van der Waals surface area contributed by atoms with E-state index in [1.165, 1.54) is 12.1 Å². The normalized spacial score (nSPS) is 19.4. The summed E-state index contributed by atoms with van der Waals surface area (Å²) in [5, 5.41) is 3.88. The zero-order valence-electron chi connectivity index (χ0n) is 12.1. The van der Waals surface area contributed by atoms with E-state index in [4.69, 9.17) is 14.5 Å². The highest BCUT2D eigenvalue weighted by Gasteiger charge is 2.26. The molecule has 10 heteroatoms. The van der Waals surface area contributed by atoms with Crippen molar-refractivity contribution in [3.05, 3.63) is 52.0 Å². The molecule has 0 spiro atoms. The number of hydrogen-bond acceptors (Lipinski definition) is 6. The predicted octanol–water partition coefficient (Wildman–Crippen LogP) is 0.344. The number of hydrogen-bond donors (Lipinski definition) is 3. The summed E-state index contributed by atoms with van der Waals surface area (Å²) in [6.45, 7) is 1.92. The molecule has 0 unspecified atom stereocenters. The molecule has 3 N–H and O–H groups in total. The summed E-state index contributed by atoms with van der Waals surface area (Å²) in [6, 6.07) is 6.09. The van der Waals surface area contributed by atoms with Crippen LogP contribution in [-0.4, -0.2) is 49.0 Å². The molecule has 1 saturated heterocycles. The van der Waals surface area contributed by atoms with Gasteiger partial charge in [0.1, 0.15) is 11.6 Å². The third kappa shape index (κ3) is 3.65. The van der Waals surface area contributed by atoms with Gasteiger partial charge in [0.2, 0.25) is 0 Å². The fraction of sp³-hybridized carbons (Fsp3) is 0.385. The number of aromatic nitrogens is 3. The molecule has 3 rings (SSSR count). The summed E-state index contributed by atoms with van der Waals surface area (Å²) >= 11 is 0. The molecule has 0 aliphatic carbocycles. The van der Waals surface area contributed by atoms with Crippen molar-refractivity contribution in [1.29, 1.82) is 0 Å². The fourth-order valence-corrected chi connectivity index (χ4v) is 2.96. The molecule has 2 heterocycles. The molecule has 0 radical (unpaired) electrons. The lowest BCUT2D eigenvalue weighted by Crippen LogP contribution is -2.39. The Labute approximate surface area is 132 Å². The molecule has 23 heavy (non-hydrogen) atoms. The quantitative estimate of drug-likeness (QED) is 0.693. The molecule has 1 aliphatic heterocycles. The first-order valence-corrected chi connectivity index (χ1v) is 8.18. The van der Waals surface area contributed by atoms with Gasteiger partial charge in [-0.15, -0.1) is 9.55 Å². The number of rotatable bonds is 4. The number of halogens is 1. The van der Waals surface area contributed by atoms with E-state index in [9.17, 15) is 9.18 Å². The van der Waals surface area contributed by atoms with Gasteiger partial charge in [0.15, 0.2) is 0 Å². The van der Waals surface area contributed by atoms with Gasteiger partial charge in [0.25, 0.3) is 0 Å². The predicted molar refractivity (Wildman–Crippen MR) is 80.0 cm³/mol. The summed E-state index contributed by atoms with van der Waals surface area (Å²) in [6.07, 6.45) is 0. The van der Waals surface area contributed by atoms with E-state index in [0.717, 1.165) is 5.56 Å². The van der Waals surface area contributed by atoms with Crippen LogP contribution in [-0.2, 0) is 11.3 Å². The minimum atomic E-state index is -2.60. The number of aromatic amines is 1. The van der Waals surface area contributed by atoms with E-state index < -0.39 is 14.2 Å². The van der Waals surface area contributed by atoms with Crippen LogP contribution in [0.1, 0.15) is 17.4 Å². The lowest BCUT2D eigenvalue weighted by Gasteiger charge is -2.35. The van der Waals surface area contributed by atoms with Gasteiger partial charge in [0.05, 0.1) is 25.8 Å². The Kier molecular flexibility index (Phi) is 4.84. The monoisotopic (exact) mass is 342 g/mol. The van der Waals surface area contributed by atoms with Gasteiger partial charge in [-0.1, -0.05) is 12.1 Å². The topological polar surface area (TPSA) is 104 Å². The third-order valence-corrected chi connectivity index (χ3v) is 4.27. The van der Waals surface area contributed by atoms with Crippen LogP contribution < -0.4 is 5.69 Å². The Bertz CT molecular complexity index is 718. The SMILES string of the molecule is O=c1[nH]c(CN2CCOC[C@@H]2c2ccc(F)cc2)nn1P(O)O. The smallest absolute Gasteiger partial charge is 0.350 e. The van der Waals surface area contributed by atoms with Gasteiger partial charge in [0, 0.05) is 6.54 Å². The van der Waals surface area contributed by atoms with Gasteiger partial charge in [-0.3, -0.25) is 9.88 Å². The molecule has 8 nitrogen and oxygen atoms in total. The molecular weight excluding hydrogens is 326 g/mol. The van der Waals surface area contributed by atoms with Crippen LogP contribution in [0.2, 0.25) is 0 Å². The second-order valence-corrected chi connectivity index (χ2v) is 6.06. The molecule has 2 aromatic rings. The number of ether oxygens (including phenoxy) is 1. The average Bonchev–Trinajstić information content (AvgIpc) is 2.90. The maximum atomic E-state index is 13.1. The second kappa shape index (κ2) is 6.86. The highest BCUT2D eigenvalue weighted by Crippen LogP contribution is 2.26. The van der Waals surface area contributed by atoms with Crippen LogP contribution in [0.5, 0.6) is 0 Å². The van der Waals surface area contributed by atoms with Crippen LogP contribution in [0.4, 0.5) is 4.39 Å². The summed E-state index contributed by atoms with van der Waals surface area (Å²) < 4.78 is 19.2. The fourth-order valence-electron chi connectivity index (χ4n) is 2.56. The molecule has 0 saturated carbocycles. The molecule has 0 bridgehead atoms. The molecular formula is C13H16FN4O4P. The minimum absolute atomic E-state index is 0.0947. The van der Waals surface area contributed by atoms with Crippen LogP contribution in [0.15, 0.2) is 29.1 Å². The van der Waals surface area contributed by atoms with E-state index >= 15 is 0 Å². The summed E-state index contributed by atoms with van der Waals surface area (Å²) in [5.74, 6) is 0.0268. The molecule has 124 valence electrons. The molecule has 1 fully saturated rings. The lowest BCUT2D eigenvalue weighted by molar-refractivity contribution is -0.0138. The van der Waals surface area contributed by atoms with Crippen molar-refractivity contribution in [1.82, 2.24) is 19.4 Å². The van der Waals surface area contributed by atoms with E-state index in [1.807, 2.05) is 4.90 Å². The Morgan fingerprint density at radius 3 is 2.78 bits per heavy atom. The largest absolute Gasteiger partial charge is 0.378 e. The molecule has 1 aromatic heterocycles. The number of morpholine rings is 1. The molecule has 0 amide bonds. The maximum absolute atomic E-state index is 13.1. The number of nitrogens with zero attached hydrogens (tertiary/aromatic N) is 3. The summed E-state index contributed by atoms with van der Waals surface area (Å²) in [5.41, 5.74) is 0.238. The van der Waals surface area contributed by atoms with E-state index in [-0.39, 0.29) is 11.9 Å². The van der Waals surface area contributed by atoms with Crippen LogP contribution in [0.3, 0.4) is 0 Å². The summed E-state index contributed by atoms with van der Waals surface area (Å²) in [4.78, 5) is 34.3. The first-order valence-electron chi connectivity index (χ1n) is 6.98. The van der Waals surface area contributed by atoms with Gasteiger partial charge < -0.3 is 14.5 Å². The average molecular weight is 342 g/mol. The first kappa shape index (κ1) is 16.2. The van der Waals surface area contributed by atoms with E-state index in [0.29, 0.717) is 36.6 Å². The number of H-pyrrole nitrogens is 1. The number of nitrogens with one attached hydrogen (secondary N) is 1. The number of benzene rings is 1. The van der Waals surface area contributed by atoms with Crippen molar-refractivity contribution in [3.63, 3.8) is 0 Å². The van der Waals surface area contributed by atoms with Crippen molar-refractivity contribution in [2.45, 2.75) is 12.6 Å². The summed E-state index contributed by atoms with van der Waals surface area (Å²) in [7, 11) is -2.60. The van der Waals surface area contributed by atoms with Crippen LogP contribution in [0, 0.1) is 5.82 Å². The second-order valence-electron chi connectivity index (χ2n) is 5.15. The molecule has 1 atom stereocenters. The lowest BCUT2D eigenvalue weighted by atomic mass is 10.0. The van der Waals surface area contributed by atoms with Gasteiger partial charge in [-0.05, 0) is 17.7 Å². The zero-order chi connectivity index (χ0) is 16.4. The van der Waals surface area contributed by atoms with Gasteiger partial charge in [-0.2, -0.15) is 0 Å². The van der Waals surface area contributed by atoms with Crippen molar-refractivity contribution in [2.24, 2.45) is 0 Å². The van der Waals surface area contributed by atoms with Crippen LogP contribution in [0.25, 0.3) is 0 Å². The van der Waals surface area contributed by atoms with Crippen molar-refractivity contribution >= 4 is 8.53 Å². The van der Waals surface area contributed by atoms with E-state index in [1.54, 1.807) is 12.1 Å². The zero-order valence-corrected chi connectivity index (χ0v) is 13.0. The Balaban J connectivity index is 1.80. The molecule has 1 aromatic carbocycles. The maximum Gasteiger partial charge on any atom is 0.350 e. The first-order chi connectivity index (χ1) is 11.0. The van der Waals surface area contributed by atoms with Crippen molar-refractivity contribution in [2.75, 3.05) is 19.8 Å². The highest BCUT2D eigenvalue weighted by molar-refractivity contribution is 7.43. The molecule has 1 aliphatic rings. The standard InChI is InChI=1S/C13H16FN4O4P/c14-10-3-1-9(2-4-10)11-8-22-6-5-17(11)7-12-15-13(19)18(16-12)23(20)21/h1-4,11,20-21H,5-8H2,(H,15,16,19)/t11-/m1/s1. The van der Waals surface area contributed by atoms with Crippen molar-refractivity contribution < 1.29 is 18.9 Å². The van der Waals surface area contributed by atoms with Gasteiger partial charge >= 0.3 is 14.2 Å². The Morgan fingerprint density at radius 1 is 1.39 bits per heavy atom. The van der Waals surface area contributed by atoms with Crippen LogP contribution >= 0.6 is 8.53 Å². The van der Waals surface area contributed by atoms with Crippen molar-refractivity contribution in [3.8, 4) is 0 Å².